The van der Waals surface area contributed by atoms with Crippen molar-refractivity contribution < 1.29 is 14.5 Å². The molecule has 0 heterocycles. The lowest BCUT2D eigenvalue weighted by molar-refractivity contribution is -0.384. The molecule has 0 aliphatic carbocycles. The predicted octanol–water partition coefficient (Wildman–Crippen LogP) is 3.65. The number of amides is 2. The van der Waals surface area contributed by atoms with Crippen LogP contribution in [0.1, 0.15) is 27.8 Å². The Morgan fingerprint density at radius 2 is 1.37 bits per heavy atom. The van der Waals surface area contributed by atoms with Crippen molar-refractivity contribution >= 4 is 28.9 Å². The zero-order valence-electron chi connectivity index (χ0n) is 18.3. The molecule has 8 heteroatoms. The van der Waals surface area contributed by atoms with Gasteiger partial charge in [0.2, 0.25) is 11.8 Å². The quantitative estimate of drug-likeness (QED) is 0.534. The summed E-state index contributed by atoms with van der Waals surface area (Å²) in [4.78, 5) is 37.1. The number of nitro benzene ring substituents is 1. The number of rotatable bonds is 7. The van der Waals surface area contributed by atoms with E-state index in [1.165, 1.54) is 6.07 Å². The first-order valence-electron chi connectivity index (χ1n) is 9.59. The summed E-state index contributed by atoms with van der Waals surface area (Å²) in [6, 6.07) is 7.02. The van der Waals surface area contributed by atoms with E-state index < -0.39 is 10.8 Å². The fourth-order valence-electron chi connectivity index (χ4n) is 3.34. The highest BCUT2D eigenvalue weighted by Crippen LogP contribution is 2.28. The zero-order chi connectivity index (χ0) is 22.6. The highest BCUT2D eigenvalue weighted by molar-refractivity contribution is 5.96. The Morgan fingerprint density at radius 1 is 0.867 bits per heavy atom. The minimum atomic E-state index is -0.522. The first-order valence-corrected chi connectivity index (χ1v) is 9.59. The number of nitrogens with one attached hydrogen (secondary N) is 2. The maximum atomic E-state index is 12.4. The summed E-state index contributed by atoms with van der Waals surface area (Å²) in [5.41, 5.74) is 5.45. The Balaban J connectivity index is 1.99. The van der Waals surface area contributed by atoms with Crippen LogP contribution in [0.3, 0.4) is 0 Å². The SMILES string of the molecule is Cc1cc(C)c(NC(=O)CN(C)CC(=O)Nc2cc(C)c(C)cc2[N+](=O)[O-])c(C)c1. The second kappa shape index (κ2) is 9.49. The van der Waals surface area contributed by atoms with Gasteiger partial charge in [0.15, 0.2) is 0 Å². The van der Waals surface area contributed by atoms with Crippen molar-refractivity contribution in [2.75, 3.05) is 30.8 Å². The van der Waals surface area contributed by atoms with Crippen molar-refractivity contribution in [3.05, 3.63) is 62.2 Å². The van der Waals surface area contributed by atoms with Gasteiger partial charge in [0.1, 0.15) is 5.69 Å². The van der Waals surface area contributed by atoms with Gasteiger partial charge in [-0.3, -0.25) is 24.6 Å². The molecule has 0 bridgehead atoms. The number of hydrogen-bond acceptors (Lipinski definition) is 5. The summed E-state index contributed by atoms with van der Waals surface area (Å²) in [6.07, 6.45) is 0. The monoisotopic (exact) mass is 412 g/mol. The third kappa shape index (κ3) is 5.87. The topological polar surface area (TPSA) is 105 Å². The van der Waals surface area contributed by atoms with Gasteiger partial charge in [-0.2, -0.15) is 0 Å². The molecule has 30 heavy (non-hydrogen) atoms. The minimum absolute atomic E-state index is 0.00912. The largest absolute Gasteiger partial charge is 0.324 e. The Hall–Kier alpha value is -3.26. The number of anilines is 2. The summed E-state index contributed by atoms with van der Waals surface area (Å²) >= 11 is 0. The zero-order valence-corrected chi connectivity index (χ0v) is 18.3. The summed E-state index contributed by atoms with van der Waals surface area (Å²) in [6.45, 7) is 9.39. The number of hydrogen-bond donors (Lipinski definition) is 2. The second-order valence-electron chi connectivity index (χ2n) is 7.75. The normalized spacial score (nSPS) is 10.8. The van der Waals surface area contributed by atoms with E-state index in [0.29, 0.717) is 0 Å². The van der Waals surface area contributed by atoms with E-state index in [1.54, 1.807) is 24.9 Å². The number of nitrogens with zero attached hydrogens (tertiary/aromatic N) is 2. The molecule has 0 spiro atoms. The van der Waals surface area contributed by atoms with Gasteiger partial charge in [0, 0.05) is 11.8 Å². The maximum absolute atomic E-state index is 12.4. The number of likely N-dealkylation sites (N-methyl/N-ethyl adjacent to an activating group) is 1. The Bertz CT molecular complexity index is 978. The van der Waals surface area contributed by atoms with Gasteiger partial charge >= 0.3 is 0 Å². The van der Waals surface area contributed by atoms with Crippen LogP contribution in [0, 0.1) is 44.7 Å². The molecule has 2 N–H and O–H groups in total. The Labute approximate surface area is 176 Å². The standard InChI is InChI=1S/C22H28N4O4/c1-13-7-16(4)22(17(5)8-13)24-21(28)12-25(6)11-20(27)23-18-9-14(2)15(3)10-19(18)26(29)30/h7-10H,11-12H2,1-6H3,(H,23,27)(H,24,28). The van der Waals surface area contributed by atoms with Crippen LogP contribution in [-0.4, -0.2) is 41.8 Å². The number of benzene rings is 2. The Kier molecular flexibility index (Phi) is 7.28. The molecule has 0 saturated carbocycles. The van der Waals surface area contributed by atoms with Crippen LogP contribution in [0.5, 0.6) is 0 Å². The molecule has 0 radical (unpaired) electrons. The van der Waals surface area contributed by atoms with Gasteiger partial charge in [-0.1, -0.05) is 17.7 Å². The molecule has 0 atom stereocenters. The van der Waals surface area contributed by atoms with Crippen molar-refractivity contribution in [2.24, 2.45) is 0 Å². The van der Waals surface area contributed by atoms with Crippen molar-refractivity contribution in [3.63, 3.8) is 0 Å². The molecular formula is C22H28N4O4. The molecule has 2 aromatic carbocycles. The smallest absolute Gasteiger partial charge is 0.293 e. The van der Waals surface area contributed by atoms with Gasteiger partial charge < -0.3 is 10.6 Å². The van der Waals surface area contributed by atoms with Crippen LogP contribution >= 0.6 is 0 Å². The van der Waals surface area contributed by atoms with Crippen molar-refractivity contribution in [1.82, 2.24) is 4.90 Å². The second-order valence-corrected chi connectivity index (χ2v) is 7.75. The molecule has 2 amide bonds. The van der Waals surface area contributed by atoms with Crippen LogP contribution in [-0.2, 0) is 9.59 Å². The molecular weight excluding hydrogens is 384 g/mol. The first-order chi connectivity index (χ1) is 14.0. The van der Waals surface area contributed by atoms with Crippen molar-refractivity contribution in [2.45, 2.75) is 34.6 Å². The lowest BCUT2D eigenvalue weighted by Gasteiger charge is -2.18. The third-order valence-corrected chi connectivity index (χ3v) is 4.85. The van der Waals surface area contributed by atoms with Crippen LogP contribution in [0.2, 0.25) is 0 Å². The van der Waals surface area contributed by atoms with E-state index in [2.05, 4.69) is 10.6 Å². The third-order valence-electron chi connectivity index (χ3n) is 4.85. The predicted molar refractivity (Wildman–Crippen MR) is 118 cm³/mol. The van der Waals surface area contributed by atoms with E-state index in [0.717, 1.165) is 33.5 Å². The van der Waals surface area contributed by atoms with Gasteiger partial charge in [-0.15, -0.1) is 0 Å². The van der Waals surface area contributed by atoms with Gasteiger partial charge in [0.05, 0.1) is 18.0 Å². The molecule has 0 fully saturated rings. The average molecular weight is 412 g/mol. The summed E-state index contributed by atoms with van der Waals surface area (Å²) in [5, 5.41) is 16.8. The molecule has 160 valence electrons. The van der Waals surface area contributed by atoms with Gasteiger partial charge in [-0.05, 0) is 70.0 Å². The molecule has 0 aliphatic heterocycles. The molecule has 0 aromatic heterocycles. The van der Waals surface area contributed by atoms with Crippen LogP contribution in [0.4, 0.5) is 17.1 Å². The van der Waals surface area contributed by atoms with Gasteiger partial charge in [0.25, 0.3) is 5.69 Å². The van der Waals surface area contributed by atoms with E-state index in [4.69, 9.17) is 0 Å². The highest BCUT2D eigenvalue weighted by Gasteiger charge is 2.19. The summed E-state index contributed by atoms with van der Waals surface area (Å²) in [7, 11) is 1.64. The molecule has 0 aliphatic rings. The molecule has 2 aromatic rings. The first kappa shape index (κ1) is 23.0. The van der Waals surface area contributed by atoms with E-state index in [1.807, 2.05) is 39.8 Å². The van der Waals surface area contributed by atoms with Crippen molar-refractivity contribution in [1.29, 1.82) is 0 Å². The molecule has 0 saturated heterocycles. The minimum Gasteiger partial charge on any atom is -0.324 e. The van der Waals surface area contributed by atoms with Crippen molar-refractivity contribution in [3.8, 4) is 0 Å². The number of aryl methyl sites for hydroxylation is 5. The summed E-state index contributed by atoms with van der Waals surface area (Å²) < 4.78 is 0. The van der Waals surface area contributed by atoms with Crippen LogP contribution in [0.15, 0.2) is 24.3 Å². The number of carbonyl (C=O) groups is 2. The van der Waals surface area contributed by atoms with Crippen LogP contribution in [0.25, 0.3) is 0 Å². The molecule has 0 unspecified atom stereocenters. The van der Waals surface area contributed by atoms with Crippen LogP contribution < -0.4 is 10.6 Å². The average Bonchev–Trinajstić information content (AvgIpc) is 2.60. The fourth-order valence-corrected chi connectivity index (χ4v) is 3.34. The lowest BCUT2D eigenvalue weighted by atomic mass is 10.1. The number of carbonyl (C=O) groups excluding carboxylic acids is 2. The number of nitro groups is 1. The van der Waals surface area contributed by atoms with Gasteiger partial charge in [-0.25, -0.2) is 0 Å². The summed E-state index contributed by atoms with van der Waals surface area (Å²) in [5.74, 6) is -0.670. The highest BCUT2D eigenvalue weighted by atomic mass is 16.6. The van der Waals surface area contributed by atoms with E-state index in [-0.39, 0.29) is 30.4 Å². The Morgan fingerprint density at radius 3 is 1.90 bits per heavy atom. The van der Waals surface area contributed by atoms with E-state index in [9.17, 15) is 19.7 Å². The molecule has 8 nitrogen and oxygen atoms in total. The van der Waals surface area contributed by atoms with E-state index >= 15 is 0 Å². The maximum Gasteiger partial charge on any atom is 0.293 e. The fraction of sp³-hybridized carbons (Fsp3) is 0.364. The molecule has 2 rings (SSSR count). The lowest BCUT2D eigenvalue weighted by Crippen LogP contribution is -2.36.